The largest absolute Gasteiger partial charge is 0.496 e. The molecule has 0 aliphatic carbocycles. The molecule has 0 unspecified atom stereocenters. The van der Waals surface area contributed by atoms with Crippen molar-refractivity contribution in [2.45, 2.75) is 19.8 Å². The van der Waals surface area contributed by atoms with Gasteiger partial charge in [0.25, 0.3) is 0 Å². The number of nitrogens with zero attached hydrogens (tertiary/aromatic N) is 1. The highest BCUT2D eigenvalue weighted by atomic mass is 79.9. The van der Waals surface area contributed by atoms with E-state index in [1.807, 2.05) is 25.1 Å². The van der Waals surface area contributed by atoms with Crippen LogP contribution in [0, 0.1) is 0 Å². The van der Waals surface area contributed by atoms with Gasteiger partial charge in [-0.05, 0) is 24.6 Å². The molecule has 4 nitrogen and oxygen atoms in total. The molecule has 1 N–H and O–H groups in total. The van der Waals surface area contributed by atoms with Gasteiger partial charge in [-0.25, -0.2) is 9.78 Å². The van der Waals surface area contributed by atoms with Gasteiger partial charge in [0, 0.05) is 4.47 Å². The van der Waals surface area contributed by atoms with Gasteiger partial charge >= 0.3 is 5.97 Å². The topological polar surface area (TPSA) is 59.4 Å². The number of carbonyl (C=O) groups is 1. The number of thiazole rings is 1. The zero-order valence-electron chi connectivity index (χ0n) is 11.1. The molecule has 0 saturated heterocycles. The molecular formula is C14H14BrNO3S. The van der Waals surface area contributed by atoms with Crippen molar-refractivity contribution < 1.29 is 14.6 Å². The highest BCUT2D eigenvalue weighted by molar-refractivity contribution is 9.10. The highest BCUT2D eigenvalue weighted by Crippen LogP contribution is 2.36. The summed E-state index contributed by atoms with van der Waals surface area (Å²) >= 11 is 4.60. The minimum atomic E-state index is -0.925. The minimum Gasteiger partial charge on any atom is -0.496 e. The summed E-state index contributed by atoms with van der Waals surface area (Å²) in [6.07, 6.45) is 1.52. The number of halogens is 1. The molecule has 20 heavy (non-hydrogen) atoms. The van der Waals surface area contributed by atoms with Gasteiger partial charge in [-0.15, -0.1) is 11.3 Å². The number of aromatic carboxylic acids is 1. The number of benzene rings is 1. The number of methoxy groups -OCH3 is 1. The van der Waals surface area contributed by atoms with Gasteiger partial charge < -0.3 is 9.84 Å². The van der Waals surface area contributed by atoms with Crippen LogP contribution in [-0.4, -0.2) is 23.2 Å². The van der Waals surface area contributed by atoms with Gasteiger partial charge in [0.1, 0.15) is 15.6 Å². The molecule has 0 amide bonds. The van der Waals surface area contributed by atoms with Gasteiger partial charge in [0.15, 0.2) is 0 Å². The highest BCUT2D eigenvalue weighted by Gasteiger charge is 2.19. The molecule has 6 heteroatoms. The maximum Gasteiger partial charge on any atom is 0.347 e. The van der Waals surface area contributed by atoms with Gasteiger partial charge in [0.05, 0.1) is 18.4 Å². The molecule has 1 aromatic heterocycles. The number of ether oxygens (including phenoxy) is 1. The van der Waals surface area contributed by atoms with Crippen LogP contribution in [0.2, 0.25) is 0 Å². The monoisotopic (exact) mass is 355 g/mol. The maximum absolute atomic E-state index is 11.3. The molecular weight excluding hydrogens is 342 g/mol. The Morgan fingerprint density at radius 1 is 1.50 bits per heavy atom. The second-order valence-corrected chi connectivity index (χ2v) is 6.11. The number of carboxylic acids is 1. The molecule has 1 heterocycles. The van der Waals surface area contributed by atoms with E-state index in [1.54, 1.807) is 7.11 Å². The molecule has 0 aliphatic heterocycles. The fourth-order valence-corrected chi connectivity index (χ4v) is 3.22. The van der Waals surface area contributed by atoms with Crippen molar-refractivity contribution in [2.24, 2.45) is 0 Å². The summed E-state index contributed by atoms with van der Waals surface area (Å²) in [7, 11) is 1.59. The van der Waals surface area contributed by atoms with E-state index in [4.69, 9.17) is 4.74 Å². The minimum absolute atomic E-state index is 0.309. The zero-order chi connectivity index (χ0) is 14.7. The molecule has 1 aromatic carbocycles. The molecule has 106 valence electrons. The Kier molecular flexibility index (Phi) is 4.77. The summed E-state index contributed by atoms with van der Waals surface area (Å²) in [5, 5.41) is 9.93. The van der Waals surface area contributed by atoms with E-state index in [9.17, 15) is 9.90 Å². The van der Waals surface area contributed by atoms with E-state index in [0.29, 0.717) is 27.7 Å². The number of hydrogen-bond acceptors (Lipinski definition) is 4. The fourth-order valence-electron chi connectivity index (χ4n) is 1.89. The van der Waals surface area contributed by atoms with Crippen molar-refractivity contribution in [1.29, 1.82) is 0 Å². The average Bonchev–Trinajstić information content (AvgIpc) is 2.83. The predicted octanol–water partition coefficient (Wildman–Crippen LogP) is 4.23. The lowest BCUT2D eigenvalue weighted by molar-refractivity contribution is 0.0700. The van der Waals surface area contributed by atoms with Crippen LogP contribution in [0.5, 0.6) is 5.75 Å². The van der Waals surface area contributed by atoms with Crippen molar-refractivity contribution >= 4 is 33.2 Å². The lowest BCUT2D eigenvalue weighted by atomic mass is 10.2. The van der Waals surface area contributed by atoms with Crippen molar-refractivity contribution in [2.75, 3.05) is 7.11 Å². The van der Waals surface area contributed by atoms with Crippen LogP contribution in [0.3, 0.4) is 0 Å². The lowest BCUT2D eigenvalue weighted by Gasteiger charge is -2.06. The Morgan fingerprint density at radius 3 is 2.85 bits per heavy atom. The summed E-state index contributed by atoms with van der Waals surface area (Å²) in [5.41, 5.74) is 1.44. The molecule has 0 radical (unpaired) electrons. The van der Waals surface area contributed by atoms with Crippen molar-refractivity contribution in [3.8, 4) is 16.3 Å². The number of hydrogen-bond donors (Lipinski definition) is 1. The Bertz CT molecular complexity index is 639. The first-order chi connectivity index (χ1) is 9.56. The SMILES string of the molecule is CCCc1nc(-c2cc(Br)ccc2OC)sc1C(=O)O. The first kappa shape index (κ1) is 15.0. The van der Waals surface area contributed by atoms with Crippen LogP contribution in [-0.2, 0) is 6.42 Å². The lowest BCUT2D eigenvalue weighted by Crippen LogP contribution is -1.98. The number of carboxylic acid groups (broad SMARTS) is 1. The molecule has 2 rings (SSSR count). The fraction of sp³-hybridized carbons (Fsp3) is 0.286. The summed E-state index contributed by atoms with van der Waals surface area (Å²) in [6, 6.07) is 5.60. The second-order valence-electron chi connectivity index (χ2n) is 4.19. The molecule has 0 aliphatic rings. The van der Waals surface area contributed by atoms with Crippen LogP contribution >= 0.6 is 27.3 Å². The standard InChI is InChI=1S/C14H14BrNO3S/c1-3-4-10-12(14(17)18)20-13(16-10)9-7-8(15)5-6-11(9)19-2/h5-7H,3-4H2,1-2H3,(H,17,18). The molecule has 0 saturated carbocycles. The van der Waals surface area contributed by atoms with Gasteiger partial charge in [-0.1, -0.05) is 29.3 Å². The summed E-state index contributed by atoms with van der Waals surface area (Å²) < 4.78 is 6.22. The van der Waals surface area contributed by atoms with E-state index in [1.165, 1.54) is 11.3 Å². The summed E-state index contributed by atoms with van der Waals surface area (Å²) in [6.45, 7) is 2.00. The first-order valence-electron chi connectivity index (χ1n) is 6.13. The van der Waals surface area contributed by atoms with Crippen molar-refractivity contribution in [3.05, 3.63) is 33.2 Å². The van der Waals surface area contributed by atoms with E-state index in [0.717, 1.165) is 16.5 Å². The Labute approximate surface area is 129 Å². The third-order valence-electron chi connectivity index (χ3n) is 2.77. The average molecular weight is 356 g/mol. The normalized spacial score (nSPS) is 10.6. The van der Waals surface area contributed by atoms with Crippen molar-refractivity contribution in [1.82, 2.24) is 4.98 Å². The van der Waals surface area contributed by atoms with E-state index in [2.05, 4.69) is 20.9 Å². The Balaban J connectivity index is 2.55. The smallest absolute Gasteiger partial charge is 0.347 e. The van der Waals surface area contributed by atoms with Gasteiger partial charge in [-0.2, -0.15) is 0 Å². The van der Waals surface area contributed by atoms with Crippen LogP contribution < -0.4 is 4.74 Å². The third kappa shape index (κ3) is 3.02. The van der Waals surface area contributed by atoms with Crippen LogP contribution in [0.25, 0.3) is 10.6 Å². The van der Waals surface area contributed by atoms with Gasteiger partial charge in [-0.3, -0.25) is 0 Å². The van der Waals surface area contributed by atoms with Crippen LogP contribution in [0.4, 0.5) is 0 Å². The zero-order valence-corrected chi connectivity index (χ0v) is 13.5. The molecule has 0 spiro atoms. The summed E-state index contributed by atoms with van der Waals surface area (Å²) in [5.74, 6) is -0.242. The second kappa shape index (κ2) is 6.37. The molecule has 0 atom stereocenters. The van der Waals surface area contributed by atoms with E-state index in [-0.39, 0.29) is 0 Å². The van der Waals surface area contributed by atoms with Crippen LogP contribution in [0.1, 0.15) is 28.7 Å². The summed E-state index contributed by atoms with van der Waals surface area (Å²) in [4.78, 5) is 16.1. The number of rotatable bonds is 5. The predicted molar refractivity (Wildman–Crippen MR) is 82.8 cm³/mol. The Hall–Kier alpha value is -1.40. The van der Waals surface area contributed by atoms with E-state index < -0.39 is 5.97 Å². The number of aryl methyl sites for hydroxylation is 1. The van der Waals surface area contributed by atoms with Gasteiger partial charge in [0.2, 0.25) is 0 Å². The van der Waals surface area contributed by atoms with Crippen LogP contribution in [0.15, 0.2) is 22.7 Å². The molecule has 2 aromatic rings. The first-order valence-corrected chi connectivity index (χ1v) is 7.74. The molecule has 0 bridgehead atoms. The van der Waals surface area contributed by atoms with Crippen molar-refractivity contribution in [3.63, 3.8) is 0 Å². The quantitative estimate of drug-likeness (QED) is 0.871. The third-order valence-corrected chi connectivity index (χ3v) is 4.38. The molecule has 0 fully saturated rings. The Morgan fingerprint density at radius 2 is 2.25 bits per heavy atom. The number of aromatic nitrogens is 1. The maximum atomic E-state index is 11.3. The van der Waals surface area contributed by atoms with E-state index >= 15 is 0 Å².